The van der Waals surface area contributed by atoms with E-state index in [9.17, 15) is 10.5 Å². The normalized spacial score (nSPS) is 22.1. The molecule has 0 aromatic carbocycles. The van der Waals surface area contributed by atoms with Gasteiger partial charge in [-0.3, -0.25) is 0 Å². The minimum atomic E-state index is -0.439. The Kier molecular flexibility index (Phi) is 6.12. The van der Waals surface area contributed by atoms with Crippen molar-refractivity contribution in [1.29, 1.82) is 10.5 Å². The Hall–Kier alpha value is -4.59. The maximum absolute atomic E-state index is 10.1. The van der Waals surface area contributed by atoms with Gasteiger partial charge in [0, 0.05) is 16.5 Å². The summed E-state index contributed by atoms with van der Waals surface area (Å²) in [5.74, 6) is 1.77. The minimum Gasteiger partial charge on any atom is -0.389 e. The lowest BCUT2D eigenvalue weighted by Crippen LogP contribution is -2.35. The predicted molar refractivity (Wildman–Crippen MR) is 163 cm³/mol. The molecule has 13 heteroatoms. The van der Waals surface area contributed by atoms with Crippen molar-refractivity contribution in [1.82, 2.24) is 39.6 Å². The molecule has 2 aliphatic carbocycles. The van der Waals surface area contributed by atoms with Crippen LogP contribution in [0.2, 0.25) is 0 Å². The van der Waals surface area contributed by atoms with Crippen LogP contribution in [0.25, 0.3) is 28.4 Å². The summed E-state index contributed by atoms with van der Waals surface area (Å²) in [5, 5.41) is 34.8. The summed E-state index contributed by atoms with van der Waals surface area (Å²) in [6.45, 7) is 3.24. The number of aryl methyl sites for hydroxylation is 1. The fraction of sp³-hybridized carbons (Fsp3) is 0.452. The minimum absolute atomic E-state index is 0.0755. The third-order valence-corrected chi connectivity index (χ3v) is 11.0. The van der Waals surface area contributed by atoms with Crippen LogP contribution in [-0.2, 0) is 18.3 Å². The lowest BCUT2D eigenvalue weighted by Gasteiger charge is -2.39. The second kappa shape index (κ2) is 9.97. The average Bonchev–Trinajstić information content (AvgIpc) is 3.86. The Labute approximate surface area is 257 Å². The summed E-state index contributed by atoms with van der Waals surface area (Å²) in [6, 6.07) is 4.96. The quantitative estimate of drug-likeness (QED) is 0.304. The molecule has 1 aliphatic heterocycles. The van der Waals surface area contributed by atoms with Crippen molar-refractivity contribution in [2.45, 2.75) is 75.8 Å². The van der Waals surface area contributed by atoms with Gasteiger partial charge < -0.3 is 15.2 Å². The summed E-state index contributed by atoms with van der Waals surface area (Å²) in [7, 11) is 2.16. The second-order valence-corrected chi connectivity index (χ2v) is 13.4. The summed E-state index contributed by atoms with van der Waals surface area (Å²) in [6.07, 6.45) is 12.6. The summed E-state index contributed by atoms with van der Waals surface area (Å²) < 4.78 is 9.86. The molecule has 12 nitrogen and oxygen atoms in total. The monoisotopic (exact) mass is 605 g/mol. The number of nitrogen functional groups attached to an aromatic ring is 1. The first-order valence-electron chi connectivity index (χ1n) is 15.1. The first-order chi connectivity index (χ1) is 21.4. The number of nitriles is 2. The smallest absolute Gasteiger partial charge is 0.186 e. The first kappa shape index (κ1) is 27.0. The fourth-order valence-corrected chi connectivity index (χ4v) is 9.07. The Morgan fingerprint density at radius 1 is 1.11 bits per heavy atom. The molecule has 2 N–H and O–H groups in total. The molecule has 0 radical (unpaired) electrons. The number of hydrogen-bond donors (Lipinski definition) is 1. The lowest BCUT2D eigenvalue weighted by atomic mass is 9.63. The van der Waals surface area contributed by atoms with Crippen molar-refractivity contribution in [2.75, 3.05) is 19.3 Å². The summed E-state index contributed by atoms with van der Waals surface area (Å²) in [4.78, 5) is 13.7. The number of thiophene rings is 1. The molecular weight excluding hydrogens is 574 g/mol. The van der Waals surface area contributed by atoms with Gasteiger partial charge in [0.15, 0.2) is 28.7 Å². The van der Waals surface area contributed by atoms with Crippen LogP contribution in [0.5, 0.6) is 0 Å². The number of likely N-dealkylation sites (tertiary alicyclic amines) is 1. The van der Waals surface area contributed by atoms with Crippen molar-refractivity contribution in [2.24, 2.45) is 0 Å². The van der Waals surface area contributed by atoms with Crippen LogP contribution in [0, 0.1) is 22.7 Å². The Morgan fingerprint density at radius 2 is 1.95 bits per heavy atom. The molecule has 1 spiro atoms. The Morgan fingerprint density at radius 3 is 2.70 bits per heavy atom. The average molecular weight is 606 g/mol. The predicted octanol–water partition coefficient (Wildman–Crippen LogP) is 4.67. The number of hydrogen-bond acceptors (Lipinski definition) is 11. The maximum Gasteiger partial charge on any atom is 0.186 e. The van der Waals surface area contributed by atoms with Crippen molar-refractivity contribution >= 4 is 27.4 Å². The zero-order valence-electron chi connectivity index (χ0n) is 24.6. The van der Waals surface area contributed by atoms with Gasteiger partial charge in [0.05, 0.1) is 46.6 Å². The SMILES string of the molecule is CC(C1CCCN1C)n1ncc2c(-n3cc(C#N)cn3)nc(-c3noc4c3CCCC43CCCc4sc(N)c(C#N)c43)nc21. The van der Waals surface area contributed by atoms with E-state index < -0.39 is 5.41 Å². The van der Waals surface area contributed by atoms with Gasteiger partial charge in [-0.05, 0) is 77.4 Å². The van der Waals surface area contributed by atoms with Crippen LogP contribution in [0.1, 0.15) is 84.4 Å². The topological polar surface area (TPSA) is 164 Å². The van der Waals surface area contributed by atoms with E-state index in [1.807, 2.05) is 4.68 Å². The molecule has 3 atom stereocenters. The molecule has 1 saturated heterocycles. The van der Waals surface area contributed by atoms with E-state index >= 15 is 0 Å². The lowest BCUT2D eigenvalue weighted by molar-refractivity contribution is 0.232. The van der Waals surface area contributed by atoms with E-state index in [0.717, 1.165) is 80.2 Å². The van der Waals surface area contributed by atoms with Crippen molar-refractivity contribution in [3.05, 3.63) is 51.5 Å². The Bertz CT molecular complexity index is 2020. The molecule has 1 fully saturated rings. The van der Waals surface area contributed by atoms with Gasteiger partial charge in [-0.1, -0.05) is 5.16 Å². The molecule has 6 heterocycles. The number of aromatic nitrogens is 7. The van der Waals surface area contributed by atoms with Crippen LogP contribution < -0.4 is 5.73 Å². The third-order valence-electron chi connectivity index (χ3n) is 9.95. The molecule has 5 aromatic rings. The molecule has 0 amide bonds. The van der Waals surface area contributed by atoms with E-state index in [0.29, 0.717) is 45.2 Å². The molecule has 44 heavy (non-hydrogen) atoms. The molecule has 5 aromatic heterocycles. The number of nitrogens with zero attached hydrogens (tertiary/aromatic N) is 10. The number of likely N-dealkylation sites (N-methyl/N-ethyl adjacent to an activating group) is 1. The van der Waals surface area contributed by atoms with Gasteiger partial charge in [-0.2, -0.15) is 20.7 Å². The molecule has 0 bridgehead atoms. The van der Waals surface area contributed by atoms with Crippen LogP contribution in [0.4, 0.5) is 5.00 Å². The highest BCUT2D eigenvalue weighted by molar-refractivity contribution is 7.16. The highest BCUT2D eigenvalue weighted by Crippen LogP contribution is 2.55. The van der Waals surface area contributed by atoms with E-state index in [1.165, 1.54) is 22.4 Å². The van der Waals surface area contributed by atoms with Gasteiger partial charge in [-0.15, -0.1) is 11.3 Å². The number of fused-ring (bicyclic) bond motifs is 5. The van der Waals surface area contributed by atoms with Crippen molar-refractivity contribution in [3.63, 3.8) is 0 Å². The molecular formula is C31H31N11OS. The number of nitrogens with two attached hydrogens (primary N) is 1. The van der Waals surface area contributed by atoms with Crippen molar-refractivity contribution < 1.29 is 4.52 Å². The van der Waals surface area contributed by atoms with Gasteiger partial charge in [-0.25, -0.2) is 19.3 Å². The van der Waals surface area contributed by atoms with Crippen LogP contribution in [0.3, 0.4) is 0 Å². The summed E-state index contributed by atoms with van der Waals surface area (Å²) >= 11 is 1.53. The van der Waals surface area contributed by atoms with E-state index in [4.69, 9.17) is 25.3 Å². The Balaban J connectivity index is 1.32. The molecule has 0 saturated carbocycles. The van der Waals surface area contributed by atoms with Gasteiger partial charge in [0.1, 0.15) is 17.1 Å². The van der Waals surface area contributed by atoms with Crippen LogP contribution >= 0.6 is 11.3 Å². The van der Waals surface area contributed by atoms with Crippen molar-refractivity contribution in [3.8, 4) is 29.5 Å². The number of anilines is 1. The van der Waals surface area contributed by atoms with Gasteiger partial charge in [0.25, 0.3) is 0 Å². The fourth-order valence-electron chi connectivity index (χ4n) is 7.91. The molecule has 3 aliphatic rings. The molecule has 3 unspecified atom stereocenters. The highest BCUT2D eigenvalue weighted by Gasteiger charge is 2.49. The largest absolute Gasteiger partial charge is 0.389 e. The molecule has 8 rings (SSSR count). The van der Waals surface area contributed by atoms with E-state index in [1.54, 1.807) is 17.1 Å². The second-order valence-electron chi connectivity index (χ2n) is 12.3. The van der Waals surface area contributed by atoms with Crippen LogP contribution in [0.15, 0.2) is 23.1 Å². The maximum atomic E-state index is 10.1. The highest BCUT2D eigenvalue weighted by atomic mass is 32.1. The van der Waals surface area contributed by atoms with E-state index in [-0.39, 0.29) is 6.04 Å². The number of rotatable bonds is 4. The van der Waals surface area contributed by atoms with E-state index in [2.05, 4.69) is 41.3 Å². The van der Waals surface area contributed by atoms with Crippen LogP contribution in [-0.4, -0.2) is 59.2 Å². The molecule has 222 valence electrons. The standard InChI is InChI=1S/C31H31N11OS/c1-17(22-7-5-11-40(22)2)42-30-21(15-36-42)29(41-16-18(12-32)14-35-41)37-28(38-30)25-19-6-3-9-31(26(19)43-39-25)10-4-8-23-24(31)20(13-33)27(34)44-23/h14-17,22H,3-11,34H2,1-2H3. The first-order valence-corrected chi connectivity index (χ1v) is 16.0. The zero-order valence-corrected chi connectivity index (χ0v) is 25.4. The third kappa shape index (κ3) is 3.79. The summed E-state index contributed by atoms with van der Waals surface area (Å²) in [5.41, 5.74) is 10.2. The van der Waals surface area contributed by atoms with Gasteiger partial charge in [0.2, 0.25) is 0 Å². The zero-order chi connectivity index (χ0) is 30.2. The van der Waals surface area contributed by atoms with Gasteiger partial charge >= 0.3 is 0 Å².